The molecule has 0 bridgehead atoms. The molecular formula is C14H19N3O3. The lowest BCUT2D eigenvalue weighted by Gasteiger charge is -2.22. The topological polar surface area (TPSA) is 80.3 Å². The van der Waals surface area contributed by atoms with E-state index in [-0.39, 0.29) is 6.04 Å². The van der Waals surface area contributed by atoms with Gasteiger partial charge in [-0.05, 0) is 18.9 Å². The van der Waals surface area contributed by atoms with Gasteiger partial charge in [0.1, 0.15) is 0 Å². The summed E-state index contributed by atoms with van der Waals surface area (Å²) in [6, 6.07) is 3.38. The molecule has 1 saturated carbocycles. The predicted octanol–water partition coefficient (Wildman–Crippen LogP) is 1.48. The van der Waals surface area contributed by atoms with Gasteiger partial charge in [-0.1, -0.05) is 19.3 Å². The molecule has 2 rings (SSSR count). The Bertz CT molecular complexity index is 467. The summed E-state index contributed by atoms with van der Waals surface area (Å²) in [5.41, 5.74) is 0.467. The second kappa shape index (κ2) is 6.88. The molecule has 0 unspecified atom stereocenters. The first-order chi connectivity index (χ1) is 9.69. The highest BCUT2D eigenvalue weighted by Crippen LogP contribution is 2.17. The zero-order valence-corrected chi connectivity index (χ0v) is 11.5. The van der Waals surface area contributed by atoms with Gasteiger partial charge in [0, 0.05) is 12.1 Å². The van der Waals surface area contributed by atoms with E-state index in [0.717, 1.165) is 25.7 Å². The van der Waals surface area contributed by atoms with Gasteiger partial charge < -0.3 is 15.4 Å². The molecule has 1 heterocycles. The largest absolute Gasteiger partial charge is 0.481 e. The number of anilines is 1. The molecule has 0 radical (unpaired) electrons. The van der Waals surface area contributed by atoms with Gasteiger partial charge in [-0.2, -0.15) is 0 Å². The van der Waals surface area contributed by atoms with Crippen LogP contribution in [0.4, 0.5) is 5.69 Å². The Kier molecular flexibility index (Phi) is 4.92. The van der Waals surface area contributed by atoms with Gasteiger partial charge >= 0.3 is 11.8 Å². The third-order valence-electron chi connectivity index (χ3n) is 3.35. The third kappa shape index (κ3) is 3.94. The van der Waals surface area contributed by atoms with Crippen LogP contribution >= 0.6 is 0 Å². The number of carbonyl (C=O) groups excluding carboxylic acids is 2. The number of pyridine rings is 1. The lowest BCUT2D eigenvalue weighted by atomic mass is 9.95. The molecule has 2 amide bonds. The summed E-state index contributed by atoms with van der Waals surface area (Å²) in [5, 5.41) is 5.28. The van der Waals surface area contributed by atoms with Crippen LogP contribution in [0, 0.1) is 0 Å². The van der Waals surface area contributed by atoms with Gasteiger partial charge in [-0.25, -0.2) is 4.98 Å². The van der Waals surface area contributed by atoms with Crippen molar-refractivity contribution in [2.75, 3.05) is 12.4 Å². The van der Waals surface area contributed by atoms with E-state index in [4.69, 9.17) is 4.74 Å². The number of aromatic nitrogens is 1. The molecule has 1 fully saturated rings. The fourth-order valence-corrected chi connectivity index (χ4v) is 2.26. The first-order valence-corrected chi connectivity index (χ1v) is 6.81. The van der Waals surface area contributed by atoms with Crippen molar-refractivity contribution in [1.29, 1.82) is 0 Å². The van der Waals surface area contributed by atoms with E-state index in [1.54, 1.807) is 12.1 Å². The zero-order chi connectivity index (χ0) is 14.4. The van der Waals surface area contributed by atoms with Crippen LogP contribution in [0.1, 0.15) is 32.1 Å². The maximum Gasteiger partial charge on any atom is 0.313 e. The van der Waals surface area contributed by atoms with Crippen LogP contribution in [0.5, 0.6) is 5.88 Å². The molecule has 20 heavy (non-hydrogen) atoms. The minimum Gasteiger partial charge on any atom is -0.481 e. The summed E-state index contributed by atoms with van der Waals surface area (Å²) in [5.74, 6) is -0.801. The van der Waals surface area contributed by atoms with E-state index < -0.39 is 11.8 Å². The van der Waals surface area contributed by atoms with Gasteiger partial charge in [0.15, 0.2) is 0 Å². The summed E-state index contributed by atoms with van der Waals surface area (Å²) in [6.07, 6.45) is 6.76. The van der Waals surface area contributed by atoms with Gasteiger partial charge in [0.25, 0.3) is 0 Å². The van der Waals surface area contributed by atoms with Crippen molar-refractivity contribution >= 4 is 17.5 Å². The molecule has 1 aliphatic carbocycles. The second-order valence-electron chi connectivity index (χ2n) is 4.85. The SMILES string of the molecule is COc1ccc(NC(=O)C(=O)NC2CCCCC2)cn1. The Labute approximate surface area is 117 Å². The smallest absolute Gasteiger partial charge is 0.313 e. The lowest BCUT2D eigenvalue weighted by Crippen LogP contribution is -2.42. The van der Waals surface area contributed by atoms with Gasteiger partial charge in [-0.3, -0.25) is 9.59 Å². The standard InChI is InChI=1S/C14H19N3O3/c1-20-12-8-7-11(9-15-12)17-14(19)13(18)16-10-5-3-2-4-6-10/h7-10H,2-6H2,1H3,(H,16,18)(H,17,19). The van der Waals surface area contributed by atoms with Crippen molar-refractivity contribution in [1.82, 2.24) is 10.3 Å². The highest BCUT2D eigenvalue weighted by atomic mass is 16.5. The fraction of sp³-hybridized carbons (Fsp3) is 0.500. The molecule has 1 aliphatic rings. The van der Waals surface area contributed by atoms with Crippen molar-refractivity contribution in [2.45, 2.75) is 38.1 Å². The molecule has 0 spiro atoms. The average molecular weight is 277 g/mol. The summed E-state index contributed by atoms with van der Waals surface area (Å²) in [7, 11) is 1.51. The number of carbonyl (C=O) groups is 2. The van der Waals surface area contributed by atoms with Gasteiger partial charge in [0.2, 0.25) is 5.88 Å². The summed E-state index contributed by atoms with van der Waals surface area (Å²) in [6.45, 7) is 0. The van der Waals surface area contributed by atoms with E-state index in [0.29, 0.717) is 11.6 Å². The van der Waals surface area contributed by atoms with Crippen molar-refractivity contribution < 1.29 is 14.3 Å². The number of hydrogen-bond acceptors (Lipinski definition) is 4. The predicted molar refractivity (Wildman–Crippen MR) is 74.4 cm³/mol. The molecule has 0 aliphatic heterocycles. The molecule has 2 N–H and O–H groups in total. The Morgan fingerprint density at radius 3 is 2.55 bits per heavy atom. The molecule has 1 aromatic heterocycles. The van der Waals surface area contributed by atoms with Crippen LogP contribution < -0.4 is 15.4 Å². The maximum atomic E-state index is 11.8. The number of amides is 2. The fourth-order valence-electron chi connectivity index (χ4n) is 2.26. The molecule has 0 atom stereocenters. The maximum absolute atomic E-state index is 11.8. The highest BCUT2D eigenvalue weighted by molar-refractivity contribution is 6.39. The number of nitrogens with one attached hydrogen (secondary N) is 2. The van der Waals surface area contributed by atoms with Crippen molar-refractivity contribution in [3.8, 4) is 5.88 Å². The number of hydrogen-bond donors (Lipinski definition) is 2. The van der Waals surface area contributed by atoms with E-state index >= 15 is 0 Å². The Morgan fingerprint density at radius 1 is 1.20 bits per heavy atom. The van der Waals surface area contributed by atoms with Crippen molar-refractivity contribution in [3.05, 3.63) is 18.3 Å². The number of ether oxygens (including phenoxy) is 1. The van der Waals surface area contributed by atoms with Crippen LogP contribution in [0.3, 0.4) is 0 Å². The second-order valence-corrected chi connectivity index (χ2v) is 4.85. The Balaban J connectivity index is 1.84. The van der Waals surface area contributed by atoms with Crippen LogP contribution in [-0.2, 0) is 9.59 Å². The monoisotopic (exact) mass is 277 g/mol. The number of methoxy groups -OCH3 is 1. The first-order valence-electron chi connectivity index (χ1n) is 6.81. The van der Waals surface area contributed by atoms with Crippen LogP contribution in [-0.4, -0.2) is 29.9 Å². The van der Waals surface area contributed by atoms with Gasteiger partial charge in [0.05, 0.1) is 19.0 Å². The summed E-state index contributed by atoms with van der Waals surface area (Å²) >= 11 is 0. The van der Waals surface area contributed by atoms with Gasteiger partial charge in [-0.15, -0.1) is 0 Å². The zero-order valence-electron chi connectivity index (χ0n) is 11.5. The molecular weight excluding hydrogens is 258 g/mol. The van der Waals surface area contributed by atoms with Crippen LogP contribution in [0.2, 0.25) is 0 Å². The minimum absolute atomic E-state index is 0.121. The van der Waals surface area contributed by atoms with E-state index in [1.165, 1.54) is 19.7 Å². The van der Waals surface area contributed by atoms with Crippen LogP contribution in [0.15, 0.2) is 18.3 Å². The molecule has 6 heteroatoms. The average Bonchev–Trinajstić information content (AvgIpc) is 2.49. The van der Waals surface area contributed by atoms with E-state index in [9.17, 15) is 9.59 Å². The molecule has 108 valence electrons. The van der Waals surface area contributed by atoms with Crippen LogP contribution in [0.25, 0.3) is 0 Å². The summed E-state index contributed by atoms with van der Waals surface area (Å²) < 4.78 is 4.92. The number of nitrogens with zero attached hydrogens (tertiary/aromatic N) is 1. The molecule has 0 saturated heterocycles. The highest BCUT2D eigenvalue weighted by Gasteiger charge is 2.20. The Morgan fingerprint density at radius 2 is 1.95 bits per heavy atom. The Hall–Kier alpha value is -2.11. The molecule has 0 aromatic carbocycles. The van der Waals surface area contributed by atoms with E-state index in [2.05, 4.69) is 15.6 Å². The lowest BCUT2D eigenvalue weighted by molar-refractivity contribution is -0.136. The van der Waals surface area contributed by atoms with Crippen molar-refractivity contribution in [2.24, 2.45) is 0 Å². The third-order valence-corrected chi connectivity index (χ3v) is 3.35. The quantitative estimate of drug-likeness (QED) is 0.820. The molecule has 6 nitrogen and oxygen atoms in total. The molecule has 1 aromatic rings. The normalized spacial score (nSPS) is 15.4. The van der Waals surface area contributed by atoms with E-state index in [1.807, 2.05) is 0 Å². The summed E-state index contributed by atoms with van der Waals surface area (Å²) in [4.78, 5) is 27.5. The first kappa shape index (κ1) is 14.3. The number of rotatable bonds is 3. The van der Waals surface area contributed by atoms with Crippen molar-refractivity contribution in [3.63, 3.8) is 0 Å². The minimum atomic E-state index is -0.664.